The first-order valence-corrected chi connectivity index (χ1v) is 18.2. The van der Waals surface area contributed by atoms with E-state index in [2.05, 4.69) is 127 Å². The van der Waals surface area contributed by atoms with Gasteiger partial charge in [-0.3, -0.25) is 0 Å². The van der Waals surface area contributed by atoms with Crippen LogP contribution in [0.4, 0.5) is 0 Å². The van der Waals surface area contributed by atoms with Crippen molar-refractivity contribution in [3.8, 4) is 56.4 Å². The maximum Gasteiger partial charge on any atom is 0.164 e. The fourth-order valence-electron chi connectivity index (χ4n) is 6.90. The lowest BCUT2D eigenvalue weighted by atomic mass is 9.94. The molecule has 0 aliphatic rings. The van der Waals surface area contributed by atoms with Crippen LogP contribution in [0.1, 0.15) is 0 Å². The van der Waals surface area contributed by atoms with Gasteiger partial charge in [0.15, 0.2) is 17.5 Å². The standard InChI is InChI=1S/C45H27N3S2/c1-3-12-28(13-4-1)43-46-44(29-14-5-2-6-15-29)48-45(47-43)33-25-31(30-22-23-41-38(27-30)36-17-8-9-20-39(36)49-41)24-32(26-33)34-18-11-19-37-35-16-7-10-21-40(35)50-42(34)37/h1-27H. The van der Waals surface area contributed by atoms with Crippen molar-refractivity contribution in [3.05, 3.63) is 164 Å². The average Bonchev–Trinajstić information content (AvgIpc) is 3.76. The zero-order chi connectivity index (χ0) is 33.0. The molecule has 3 heterocycles. The van der Waals surface area contributed by atoms with Gasteiger partial charge in [0, 0.05) is 57.0 Å². The predicted molar refractivity (Wildman–Crippen MR) is 213 cm³/mol. The third-order valence-electron chi connectivity index (χ3n) is 9.32. The Labute approximate surface area is 296 Å². The van der Waals surface area contributed by atoms with E-state index in [0.717, 1.165) is 33.4 Å². The molecule has 10 rings (SSSR count). The first-order chi connectivity index (χ1) is 24.7. The maximum atomic E-state index is 5.13. The third-order valence-corrected chi connectivity index (χ3v) is 11.7. The van der Waals surface area contributed by atoms with Crippen molar-refractivity contribution in [2.45, 2.75) is 0 Å². The second kappa shape index (κ2) is 11.8. The minimum atomic E-state index is 0.645. The van der Waals surface area contributed by atoms with E-state index in [1.807, 2.05) is 59.1 Å². The Hall–Kier alpha value is -6.01. The quantitative estimate of drug-likeness (QED) is 0.182. The molecule has 0 amide bonds. The fourth-order valence-corrected chi connectivity index (χ4v) is 9.22. The van der Waals surface area contributed by atoms with E-state index < -0.39 is 0 Å². The summed E-state index contributed by atoms with van der Waals surface area (Å²) >= 11 is 3.69. The minimum Gasteiger partial charge on any atom is -0.208 e. The van der Waals surface area contributed by atoms with Gasteiger partial charge in [0.1, 0.15) is 0 Å². The molecule has 0 atom stereocenters. The molecule has 0 spiro atoms. The third kappa shape index (κ3) is 4.98. The first-order valence-electron chi connectivity index (χ1n) is 16.6. The van der Waals surface area contributed by atoms with Crippen molar-refractivity contribution in [2.24, 2.45) is 0 Å². The molecular formula is C45H27N3S2. The highest BCUT2D eigenvalue weighted by atomic mass is 32.1. The maximum absolute atomic E-state index is 5.13. The van der Waals surface area contributed by atoms with Crippen molar-refractivity contribution in [1.29, 1.82) is 0 Å². The summed E-state index contributed by atoms with van der Waals surface area (Å²) in [5.74, 6) is 1.95. The van der Waals surface area contributed by atoms with Gasteiger partial charge in [0.25, 0.3) is 0 Å². The SMILES string of the molecule is c1ccc(-c2nc(-c3ccccc3)nc(-c3cc(-c4ccc5sc6ccccc6c5c4)cc(-c4cccc5c4sc4ccccc45)c3)n2)cc1. The number of hydrogen-bond donors (Lipinski definition) is 0. The molecule has 0 N–H and O–H groups in total. The Balaban J connectivity index is 1.24. The van der Waals surface area contributed by atoms with E-state index in [9.17, 15) is 0 Å². The monoisotopic (exact) mass is 673 g/mol. The molecule has 0 unspecified atom stereocenters. The van der Waals surface area contributed by atoms with Crippen LogP contribution in [0.25, 0.3) is 96.8 Å². The first kappa shape index (κ1) is 29.0. The van der Waals surface area contributed by atoms with Crippen LogP contribution in [0.3, 0.4) is 0 Å². The summed E-state index contributed by atoms with van der Waals surface area (Å²) in [6, 6.07) is 58.0. The Bertz CT molecular complexity index is 2810. The van der Waals surface area contributed by atoms with Gasteiger partial charge in [-0.1, -0.05) is 121 Å². The van der Waals surface area contributed by atoms with Gasteiger partial charge in [0.05, 0.1) is 0 Å². The summed E-state index contributed by atoms with van der Waals surface area (Å²) in [4.78, 5) is 15.2. The molecule has 0 fully saturated rings. The number of aromatic nitrogens is 3. The van der Waals surface area contributed by atoms with Gasteiger partial charge in [-0.25, -0.2) is 15.0 Å². The molecule has 0 aliphatic heterocycles. The molecule has 7 aromatic carbocycles. The normalized spacial score (nSPS) is 11.6. The van der Waals surface area contributed by atoms with E-state index >= 15 is 0 Å². The Morgan fingerprint density at radius 3 is 1.52 bits per heavy atom. The molecule has 10 aromatic rings. The Morgan fingerprint density at radius 1 is 0.300 bits per heavy atom. The number of fused-ring (bicyclic) bond motifs is 6. The zero-order valence-corrected chi connectivity index (χ0v) is 28.4. The highest BCUT2D eigenvalue weighted by Gasteiger charge is 2.17. The molecule has 3 aromatic heterocycles. The lowest BCUT2D eigenvalue weighted by Gasteiger charge is -2.13. The number of benzene rings is 7. The van der Waals surface area contributed by atoms with Crippen LogP contribution < -0.4 is 0 Å². The van der Waals surface area contributed by atoms with Crippen molar-refractivity contribution < 1.29 is 0 Å². The van der Waals surface area contributed by atoms with E-state index in [1.54, 1.807) is 0 Å². The van der Waals surface area contributed by atoms with E-state index in [1.165, 1.54) is 45.9 Å². The van der Waals surface area contributed by atoms with Crippen molar-refractivity contribution in [1.82, 2.24) is 15.0 Å². The molecule has 5 heteroatoms. The summed E-state index contributed by atoms with van der Waals surface area (Å²) in [5.41, 5.74) is 7.47. The summed E-state index contributed by atoms with van der Waals surface area (Å²) in [7, 11) is 0. The summed E-state index contributed by atoms with van der Waals surface area (Å²) in [6.07, 6.45) is 0. The minimum absolute atomic E-state index is 0.645. The lowest BCUT2D eigenvalue weighted by Crippen LogP contribution is -2.00. The van der Waals surface area contributed by atoms with Crippen molar-refractivity contribution >= 4 is 63.0 Å². The molecule has 234 valence electrons. The second-order valence-corrected chi connectivity index (χ2v) is 14.6. The van der Waals surface area contributed by atoms with Crippen molar-refractivity contribution in [2.75, 3.05) is 0 Å². The predicted octanol–water partition coefficient (Wildman–Crippen LogP) is 12.9. The molecule has 0 radical (unpaired) electrons. The molecule has 3 nitrogen and oxygen atoms in total. The van der Waals surface area contributed by atoms with Gasteiger partial charge in [0.2, 0.25) is 0 Å². The second-order valence-electron chi connectivity index (χ2n) is 12.4. The number of nitrogens with zero attached hydrogens (tertiary/aromatic N) is 3. The highest BCUT2D eigenvalue weighted by molar-refractivity contribution is 7.26. The smallest absolute Gasteiger partial charge is 0.164 e. The Kier molecular flexibility index (Phi) is 6.86. The molecule has 0 bridgehead atoms. The van der Waals surface area contributed by atoms with Crippen LogP contribution >= 0.6 is 22.7 Å². The fraction of sp³-hybridized carbons (Fsp3) is 0. The van der Waals surface area contributed by atoms with Gasteiger partial charge in [-0.05, 0) is 64.7 Å². The molecule has 0 saturated heterocycles. The van der Waals surface area contributed by atoms with E-state index in [4.69, 9.17) is 15.0 Å². The van der Waals surface area contributed by atoms with Crippen LogP contribution in [0.15, 0.2) is 164 Å². The van der Waals surface area contributed by atoms with Crippen LogP contribution in [-0.4, -0.2) is 15.0 Å². The summed E-state index contributed by atoms with van der Waals surface area (Å²) in [6.45, 7) is 0. The summed E-state index contributed by atoms with van der Waals surface area (Å²) < 4.78 is 5.16. The highest BCUT2D eigenvalue weighted by Crippen LogP contribution is 2.43. The van der Waals surface area contributed by atoms with Gasteiger partial charge in [-0.15, -0.1) is 22.7 Å². The molecule has 50 heavy (non-hydrogen) atoms. The van der Waals surface area contributed by atoms with E-state index in [-0.39, 0.29) is 0 Å². The van der Waals surface area contributed by atoms with Crippen LogP contribution in [0.2, 0.25) is 0 Å². The van der Waals surface area contributed by atoms with Gasteiger partial charge in [-0.2, -0.15) is 0 Å². The van der Waals surface area contributed by atoms with E-state index in [0.29, 0.717) is 17.5 Å². The zero-order valence-electron chi connectivity index (χ0n) is 26.7. The number of rotatable bonds is 5. The summed E-state index contributed by atoms with van der Waals surface area (Å²) in [5, 5.41) is 5.13. The average molecular weight is 674 g/mol. The van der Waals surface area contributed by atoms with Gasteiger partial charge < -0.3 is 0 Å². The molecule has 0 aliphatic carbocycles. The van der Waals surface area contributed by atoms with Crippen LogP contribution in [0, 0.1) is 0 Å². The topological polar surface area (TPSA) is 38.7 Å². The number of hydrogen-bond acceptors (Lipinski definition) is 5. The van der Waals surface area contributed by atoms with Gasteiger partial charge >= 0.3 is 0 Å². The van der Waals surface area contributed by atoms with Crippen LogP contribution in [-0.2, 0) is 0 Å². The number of thiophene rings is 2. The molecular weight excluding hydrogens is 647 g/mol. The Morgan fingerprint density at radius 2 is 0.820 bits per heavy atom. The molecule has 0 saturated carbocycles. The lowest BCUT2D eigenvalue weighted by molar-refractivity contribution is 1.07. The largest absolute Gasteiger partial charge is 0.208 e. The van der Waals surface area contributed by atoms with Crippen molar-refractivity contribution in [3.63, 3.8) is 0 Å². The van der Waals surface area contributed by atoms with Crippen LogP contribution in [0.5, 0.6) is 0 Å².